The Morgan fingerprint density at radius 2 is 1.68 bits per heavy atom. The van der Waals surface area contributed by atoms with Crippen molar-refractivity contribution in [1.29, 1.82) is 0 Å². The third-order valence-electron chi connectivity index (χ3n) is 7.25. The van der Waals surface area contributed by atoms with Crippen LogP contribution in [0.3, 0.4) is 0 Å². The molecule has 2 aliphatic heterocycles. The molecule has 3 heterocycles. The number of piperidine rings is 1. The van der Waals surface area contributed by atoms with E-state index >= 15 is 0 Å². The molecule has 1 spiro atoms. The number of hydrogen-bond donors (Lipinski definition) is 0. The van der Waals surface area contributed by atoms with Crippen molar-refractivity contribution in [3.8, 4) is 0 Å². The van der Waals surface area contributed by atoms with Crippen LogP contribution in [0.15, 0.2) is 47.6 Å². The van der Waals surface area contributed by atoms with E-state index in [1.54, 1.807) is 11.8 Å². The molecule has 1 aromatic heterocycles. The van der Waals surface area contributed by atoms with Gasteiger partial charge in [-0.2, -0.15) is 13.2 Å². The molecule has 2 aromatic rings. The summed E-state index contributed by atoms with van der Waals surface area (Å²) in [6.45, 7) is 2.93. The minimum Gasteiger partial charge on any atom is -0.339 e. The van der Waals surface area contributed by atoms with Crippen LogP contribution in [0.5, 0.6) is 0 Å². The Hall–Kier alpha value is -3.48. The molecule has 0 N–H and O–H groups in total. The first-order valence-electron chi connectivity index (χ1n) is 11.7. The van der Waals surface area contributed by atoms with Crippen molar-refractivity contribution in [3.05, 3.63) is 48.3 Å². The zero-order valence-corrected chi connectivity index (χ0v) is 20.6. The van der Waals surface area contributed by atoms with Crippen molar-refractivity contribution in [2.75, 3.05) is 22.9 Å². The number of aromatic nitrogens is 1. The second-order valence-electron chi connectivity index (χ2n) is 9.48. The number of carbonyl (C=O) groups is 3. The number of sulfone groups is 1. The van der Waals surface area contributed by atoms with Gasteiger partial charge in [-0.05, 0) is 61.9 Å². The van der Waals surface area contributed by atoms with E-state index in [4.69, 9.17) is 0 Å². The molecule has 3 aliphatic rings. The van der Waals surface area contributed by atoms with Crippen LogP contribution in [0.25, 0.3) is 0 Å². The highest BCUT2D eigenvalue weighted by atomic mass is 32.2. The molecule has 13 heteroatoms. The second-order valence-corrected chi connectivity index (χ2v) is 11.4. The van der Waals surface area contributed by atoms with Crippen LogP contribution in [0, 0.1) is 5.92 Å². The minimum atomic E-state index is -5.59. The monoisotopic (exact) mass is 536 g/mol. The summed E-state index contributed by atoms with van der Waals surface area (Å²) in [5.41, 5.74) is -6.41. The number of carbonyl (C=O) groups excluding carboxylic acids is 3. The summed E-state index contributed by atoms with van der Waals surface area (Å²) in [5.74, 6) is -1.14. The van der Waals surface area contributed by atoms with E-state index in [9.17, 15) is 36.0 Å². The zero-order chi connectivity index (χ0) is 26.8. The van der Waals surface area contributed by atoms with Crippen molar-refractivity contribution in [1.82, 2.24) is 9.88 Å². The molecule has 1 aliphatic carbocycles. The predicted molar refractivity (Wildman–Crippen MR) is 126 cm³/mol. The van der Waals surface area contributed by atoms with E-state index in [0.717, 1.165) is 36.3 Å². The van der Waals surface area contributed by atoms with Crippen LogP contribution in [-0.4, -0.2) is 60.3 Å². The smallest absolute Gasteiger partial charge is 0.339 e. The third-order valence-corrected chi connectivity index (χ3v) is 8.75. The number of imide groups is 1. The Morgan fingerprint density at radius 3 is 2.24 bits per heavy atom. The highest BCUT2D eigenvalue weighted by Gasteiger charge is 2.71. The van der Waals surface area contributed by atoms with Crippen LogP contribution >= 0.6 is 0 Å². The molecule has 0 bridgehead atoms. The van der Waals surface area contributed by atoms with Gasteiger partial charge in [0.05, 0.1) is 21.8 Å². The van der Waals surface area contributed by atoms with Gasteiger partial charge in [0, 0.05) is 25.5 Å². The lowest BCUT2D eigenvalue weighted by molar-refractivity contribution is -0.119. The highest BCUT2D eigenvalue weighted by Crippen LogP contribution is 2.56. The van der Waals surface area contributed by atoms with Gasteiger partial charge >= 0.3 is 11.5 Å². The first-order chi connectivity index (χ1) is 17.4. The lowest BCUT2D eigenvalue weighted by Gasteiger charge is -2.29. The Morgan fingerprint density at radius 1 is 1.05 bits per heavy atom. The predicted octanol–water partition coefficient (Wildman–Crippen LogP) is 3.75. The maximum absolute atomic E-state index is 13.7. The van der Waals surface area contributed by atoms with Gasteiger partial charge in [0.1, 0.15) is 5.54 Å². The number of anilines is 2. The summed E-state index contributed by atoms with van der Waals surface area (Å²) in [6, 6.07) is 4.12. The Labute approximate surface area is 210 Å². The number of likely N-dealkylation sites (tertiary alicyclic amines) is 1. The average molecular weight is 537 g/mol. The number of urea groups is 1. The number of halogens is 3. The number of nitrogens with zero attached hydrogens (tertiary/aromatic N) is 4. The minimum absolute atomic E-state index is 0.0740. The van der Waals surface area contributed by atoms with Crippen LogP contribution in [0.4, 0.5) is 29.3 Å². The Bertz CT molecular complexity index is 1390. The lowest BCUT2D eigenvalue weighted by atomic mass is 10.1. The number of benzene rings is 1. The molecule has 2 saturated heterocycles. The van der Waals surface area contributed by atoms with Gasteiger partial charge in [-0.15, -0.1) is 0 Å². The van der Waals surface area contributed by atoms with Gasteiger partial charge in [-0.25, -0.2) is 18.1 Å². The summed E-state index contributed by atoms with van der Waals surface area (Å²) in [5, 5.41) is 0. The molecule has 5 rings (SSSR count). The number of rotatable bonds is 4. The topological polar surface area (TPSA) is 108 Å². The van der Waals surface area contributed by atoms with E-state index in [1.807, 2.05) is 0 Å². The molecule has 196 valence electrons. The largest absolute Gasteiger partial charge is 0.501 e. The number of alkyl halides is 3. The highest BCUT2D eigenvalue weighted by molar-refractivity contribution is 7.92. The molecule has 4 amide bonds. The van der Waals surface area contributed by atoms with Gasteiger partial charge in [-0.3, -0.25) is 19.5 Å². The molecule has 2 atom stereocenters. The first-order valence-corrected chi connectivity index (χ1v) is 13.2. The van der Waals surface area contributed by atoms with E-state index in [-0.39, 0.29) is 28.8 Å². The molecule has 1 aromatic carbocycles. The van der Waals surface area contributed by atoms with Gasteiger partial charge in [-0.1, -0.05) is 6.92 Å². The fraction of sp³-hybridized carbons (Fsp3) is 0.417. The summed E-state index contributed by atoms with van der Waals surface area (Å²) in [4.78, 5) is 47.5. The Kier molecular flexibility index (Phi) is 5.81. The van der Waals surface area contributed by atoms with E-state index in [0.29, 0.717) is 31.6 Å². The molecular formula is C24H23F3N4O5S. The number of pyridine rings is 1. The van der Waals surface area contributed by atoms with Gasteiger partial charge in [0.25, 0.3) is 21.7 Å². The summed E-state index contributed by atoms with van der Waals surface area (Å²) in [6.07, 6.45) is 5.84. The Balaban J connectivity index is 1.53. The molecule has 3 fully saturated rings. The van der Waals surface area contributed by atoms with Crippen molar-refractivity contribution >= 4 is 39.1 Å². The quantitative estimate of drug-likeness (QED) is 0.551. The lowest BCUT2D eigenvalue weighted by Crippen LogP contribution is -2.41. The fourth-order valence-electron chi connectivity index (χ4n) is 5.13. The zero-order valence-electron chi connectivity index (χ0n) is 19.7. The van der Waals surface area contributed by atoms with Crippen molar-refractivity contribution in [2.24, 2.45) is 5.92 Å². The van der Waals surface area contributed by atoms with Gasteiger partial charge < -0.3 is 4.90 Å². The summed E-state index contributed by atoms with van der Waals surface area (Å²) < 4.78 is 62.2. The van der Waals surface area contributed by atoms with Crippen LogP contribution in [0.1, 0.15) is 43.0 Å². The van der Waals surface area contributed by atoms with Crippen molar-refractivity contribution < 1.29 is 36.0 Å². The third kappa shape index (κ3) is 3.78. The van der Waals surface area contributed by atoms with Crippen LogP contribution in [0.2, 0.25) is 0 Å². The molecule has 0 radical (unpaired) electrons. The maximum Gasteiger partial charge on any atom is 0.501 e. The van der Waals surface area contributed by atoms with Gasteiger partial charge in [0.2, 0.25) is 0 Å². The molecule has 9 nitrogen and oxygen atoms in total. The van der Waals surface area contributed by atoms with Crippen molar-refractivity contribution in [2.45, 2.75) is 48.5 Å². The molecule has 1 saturated carbocycles. The number of hydrogen-bond acceptors (Lipinski definition) is 6. The normalized spacial score (nSPS) is 24.2. The molecule has 2 unspecified atom stereocenters. The standard InChI is InChI=1S/C24H23F3N4O5S/c1-15-13-23(15)21(33)30(16-5-7-17(8-6-16)37(35,36)24(25,26)27)22(34)31(23)19-9-10-28-14-18(19)20(32)29-11-3-2-4-12-29/h5-10,14-15H,2-4,11-13H2,1H3. The average Bonchev–Trinajstić information content (AvgIpc) is 3.49. The fourth-order valence-corrected chi connectivity index (χ4v) is 5.89. The number of amides is 4. The second kappa shape index (κ2) is 8.54. The summed E-state index contributed by atoms with van der Waals surface area (Å²) in [7, 11) is -5.59. The molecular weight excluding hydrogens is 513 g/mol. The SMILES string of the molecule is CC1CC12C(=O)N(c1ccc(S(=O)(=O)C(F)(F)F)cc1)C(=O)N2c1ccncc1C(=O)N1CCCCC1. The van der Waals surface area contributed by atoms with Crippen LogP contribution in [-0.2, 0) is 14.6 Å². The van der Waals surface area contributed by atoms with E-state index in [2.05, 4.69) is 4.98 Å². The van der Waals surface area contributed by atoms with E-state index < -0.39 is 37.7 Å². The first kappa shape index (κ1) is 25.2. The summed E-state index contributed by atoms with van der Waals surface area (Å²) >= 11 is 0. The maximum atomic E-state index is 13.7. The van der Waals surface area contributed by atoms with Crippen LogP contribution < -0.4 is 9.80 Å². The molecule has 37 heavy (non-hydrogen) atoms. The van der Waals surface area contributed by atoms with Gasteiger partial charge in [0.15, 0.2) is 0 Å². The van der Waals surface area contributed by atoms with Crippen molar-refractivity contribution in [3.63, 3.8) is 0 Å². The van der Waals surface area contributed by atoms with E-state index in [1.165, 1.54) is 23.4 Å².